The molecule has 0 unspecified atom stereocenters. The van der Waals surface area contributed by atoms with E-state index in [1.165, 1.54) is 0 Å². The number of aryl methyl sites for hydroxylation is 3. The molecule has 5 heteroatoms. The minimum Gasteiger partial charge on any atom is -0.497 e. The van der Waals surface area contributed by atoms with E-state index in [1.54, 1.807) is 21.0 Å². The molecule has 0 saturated carbocycles. The SMILES string of the molecule is CCOC(=O)c1oc(CCc2ccc(OC)cc2)nc1C. The first kappa shape index (κ1) is 15.1. The fourth-order valence-electron chi connectivity index (χ4n) is 1.99. The summed E-state index contributed by atoms with van der Waals surface area (Å²) in [4.78, 5) is 15.9. The number of ether oxygens (including phenoxy) is 2. The molecule has 112 valence electrons. The average molecular weight is 289 g/mol. The highest BCUT2D eigenvalue weighted by atomic mass is 16.5. The topological polar surface area (TPSA) is 61.6 Å². The van der Waals surface area contributed by atoms with E-state index >= 15 is 0 Å². The Morgan fingerprint density at radius 2 is 1.95 bits per heavy atom. The van der Waals surface area contributed by atoms with Crippen molar-refractivity contribution in [3.8, 4) is 5.75 Å². The van der Waals surface area contributed by atoms with E-state index in [0.717, 1.165) is 17.7 Å². The number of methoxy groups -OCH3 is 1. The van der Waals surface area contributed by atoms with Crippen LogP contribution in [0.1, 0.15) is 34.6 Å². The number of nitrogens with zero attached hydrogens (tertiary/aromatic N) is 1. The van der Waals surface area contributed by atoms with Gasteiger partial charge in [-0.2, -0.15) is 0 Å². The molecule has 0 aliphatic carbocycles. The van der Waals surface area contributed by atoms with E-state index < -0.39 is 5.97 Å². The smallest absolute Gasteiger partial charge is 0.376 e. The van der Waals surface area contributed by atoms with Crippen LogP contribution in [0.15, 0.2) is 28.7 Å². The molecule has 0 N–H and O–H groups in total. The van der Waals surface area contributed by atoms with Crippen molar-refractivity contribution in [2.45, 2.75) is 26.7 Å². The largest absolute Gasteiger partial charge is 0.497 e. The summed E-state index contributed by atoms with van der Waals surface area (Å²) in [5.41, 5.74) is 1.72. The fourth-order valence-corrected chi connectivity index (χ4v) is 1.99. The second-order valence-electron chi connectivity index (χ2n) is 4.59. The zero-order valence-corrected chi connectivity index (χ0v) is 12.5. The number of oxazole rings is 1. The molecule has 2 aromatic rings. The molecule has 21 heavy (non-hydrogen) atoms. The number of esters is 1. The number of benzene rings is 1. The summed E-state index contributed by atoms with van der Waals surface area (Å²) in [6, 6.07) is 7.84. The Kier molecular flexibility index (Phi) is 4.98. The third-order valence-corrected chi connectivity index (χ3v) is 3.09. The molecule has 0 bridgehead atoms. The number of aromatic nitrogens is 1. The lowest BCUT2D eigenvalue weighted by molar-refractivity contribution is 0.0487. The van der Waals surface area contributed by atoms with Gasteiger partial charge in [0.25, 0.3) is 0 Å². The van der Waals surface area contributed by atoms with Crippen LogP contribution in [0.2, 0.25) is 0 Å². The molecule has 0 radical (unpaired) electrons. The van der Waals surface area contributed by atoms with Crippen LogP contribution in [0.3, 0.4) is 0 Å². The highest BCUT2D eigenvalue weighted by Gasteiger charge is 2.18. The molecule has 0 saturated heterocycles. The van der Waals surface area contributed by atoms with Crippen LogP contribution in [0.5, 0.6) is 5.75 Å². The maximum absolute atomic E-state index is 11.7. The molecule has 1 aromatic carbocycles. The van der Waals surface area contributed by atoms with Gasteiger partial charge in [-0.05, 0) is 38.0 Å². The monoisotopic (exact) mass is 289 g/mol. The van der Waals surface area contributed by atoms with Gasteiger partial charge in [0.2, 0.25) is 5.76 Å². The molecule has 1 aromatic heterocycles. The van der Waals surface area contributed by atoms with Crippen LogP contribution < -0.4 is 4.74 Å². The number of hydrogen-bond acceptors (Lipinski definition) is 5. The van der Waals surface area contributed by atoms with Crippen molar-refractivity contribution in [2.75, 3.05) is 13.7 Å². The first-order chi connectivity index (χ1) is 10.1. The number of carbonyl (C=O) groups is 1. The van der Waals surface area contributed by atoms with Gasteiger partial charge in [-0.3, -0.25) is 0 Å². The number of carbonyl (C=O) groups excluding carboxylic acids is 1. The van der Waals surface area contributed by atoms with Crippen LogP contribution in [0.4, 0.5) is 0 Å². The van der Waals surface area contributed by atoms with Gasteiger partial charge in [-0.1, -0.05) is 12.1 Å². The summed E-state index contributed by atoms with van der Waals surface area (Å²) in [6.45, 7) is 3.82. The van der Waals surface area contributed by atoms with Gasteiger partial charge < -0.3 is 13.9 Å². The summed E-state index contributed by atoms with van der Waals surface area (Å²) in [6.07, 6.45) is 1.42. The van der Waals surface area contributed by atoms with E-state index in [-0.39, 0.29) is 5.76 Å². The van der Waals surface area contributed by atoms with E-state index in [4.69, 9.17) is 13.9 Å². The number of hydrogen-bond donors (Lipinski definition) is 0. The zero-order chi connectivity index (χ0) is 15.2. The lowest BCUT2D eigenvalue weighted by Crippen LogP contribution is -2.04. The van der Waals surface area contributed by atoms with Crippen molar-refractivity contribution >= 4 is 5.97 Å². The summed E-state index contributed by atoms with van der Waals surface area (Å²) >= 11 is 0. The van der Waals surface area contributed by atoms with Crippen LogP contribution in [-0.4, -0.2) is 24.7 Å². The summed E-state index contributed by atoms with van der Waals surface area (Å²) in [5, 5.41) is 0. The normalized spacial score (nSPS) is 10.4. The Morgan fingerprint density at radius 3 is 2.57 bits per heavy atom. The molecule has 5 nitrogen and oxygen atoms in total. The maximum Gasteiger partial charge on any atom is 0.376 e. The molecule has 0 fully saturated rings. The Morgan fingerprint density at radius 1 is 1.24 bits per heavy atom. The molecular formula is C16H19NO4. The minimum atomic E-state index is -0.460. The Bertz CT molecular complexity index is 601. The van der Waals surface area contributed by atoms with Gasteiger partial charge >= 0.3 is 5.97 Å². The lowest BCUT2D eigenvalue weighted by Gasteiger charge is -2.02. The highest BCUT2D eigenvalue weighted by molar-refractivity contribution is 5.87. The fraction of sp³-hybridized carbons (Fsp3) is 0.375. The molecule has 0 aliphatic rings. The van der Waals surface area contributed by atoms with E-state index in [1.807, 2.05) is 24.3 Å². The first-order valence-corrected chi connectivity index (χ1v) is 6.90. The molecule has 0 spiro atoms. The van der Waals surface area contributed by atoms with Gasteiger partial charge in [0.15, 0.2) is 5.89 Å². The molecule has 1 heterocycles. The highest BCUT2D eigenvalue weighted by Crippen LogP contribution is 2.16. The zero-order valence-electron chi connectivity index (χ0n) is 12.5. The van der Waals surface area contributed by atoms with Crippen LogP contribution in [0.25, 0.3) is 0 Å². The van der Waals surface area contributed by atoms with Gasteiger partial charge in [-0.15, -0.1) is 0 Å². The van der Waals surface area contributed by atoms with E-state index in [9.17, 15) is 4.79 Å². The van der Waals surface area contributed by atoms with Crippen molar-refractivity contribution in [3.63, 3.8) is 0 Å². The van der Waals surface area contributed by atoms with E-state index in [2.05, 4.69) is 4.98 Å². The maximum atomic E-state index is 11.7. The van der Waals surface area contributed by atoms with Crippen LogP contribution in [-0.2, 0) is 17.6 Å². The van der Waals surface area contributed by atoms with Crippen molar-refractivity contribution in [1.82, 2.24) is 4.98 Å². The second-order valence-corrected chi connectivity index (χ2v) is 4.59. The van der Waals surface area contributed by atoms with Gasteiger partial charge in [0.1, 0.15) is 5.75 Å². The Labute approximate surface area is 123 Å². The van der Waals surface area contributed by atoms with Crippen molar-refractivity contribution in [1.29, 1.82) is 0 Å². The Hall–Kier alpha value is -2.30. The molecule has 0 atom stereocenters. The van der Waals surface area contributed by atoms with Crippen LogP contribution >= 0.6 is 0 Å². The Balaban J connectivity index is 1.99. The predicted octanol–water partition coefficient (Wildman–Crippen LogP) is 2.95. The lowest BCUT2D eigenvalue weighted by atomic mass is 10.1. The van der Waals surface area contributed by atoms with Gasteiger partial charge in [-0.25, -0.2) is 9.78 Å². The molecule has 2 rings (SSSR count). The second kappa shape index (κ2) is 6.92. The third kappa shape index (κ3) is 3.84. The van der Waals surface area contributed by atoms with Crippen molar-refractivity contribution in [3.05, 3.63) is 47.2 Å². The summed E-state index contributed by atoms with van der Waals surface area (Å²) in [7, 11) is 1.64. The summed E-state index contributed by atoms with van der Waals surface area (Å²) < 4.78 is 15.5. The van der Waals surface area contributed by atoms with Gasteiger partial charge in [0, 0.05) is 6.42 Å². The van der Waals surface area contributed by atoms with Crippen LogP contribution in [0, 0.1) is 6.92 Å². The molecular weight excluding hydrogens is 270 g/mol. The third-order valence-electron chi connectivity index (χ3n) is 3.09. The van der Waals surface area contributed by atoms with E-state index in [0.29, 0.717) is 24.6 Å². The predicted molar refractivity (Wildman–Crippen MR) is 77.6 cm³/mol. The van der Waals surface area contributed by atoms with Crippen molar-refractivity contribution in [2.24, 2.45) is 0 Å². The number of rotatable bonds is 6. The molecule has 0 aliphatic heterocycles. The van der Waals surface area contributed by atoms with Crippen molar-refractivity contribution < 1.29 is 18.7 Å². The minimum absolute atomic E-state index is 0.196. The quantitative estimate of drug-likeness (QED) is 0.765. The standard InChI is InChI=1S/C16H19NO4/c1-4-20-16(18)15-11(2)17-14(21-15)10-7-12-5-8-13(19-3)9-6-12/h5-6,8-9H,4,7,10H2,1-3H3. The molecule has 0 amide bonds. The summed E-state index contributed by atoms with van der Waals surface area (Å²) in [5.74, 6) is 1.11. The first-order valence-electron chi connectivity index (χ1n) is 6.90. The average Bonchev–Trinajstić information content (AvgIpc) is 2.87. The van der Waals surface area contributed by atoms with Gasteiger partial charge in [0.05, 0.1) is 19.4 Å².